The van der Waals surface area contributed by atoms with Crippen LogP contribution in [0.25, 0.3) is 17.0 Å². The normalized spacial score (nSPS) is 14.6. The Balaban J connectivity index is 1.81. The van der Waals surface area contributed by atoms with E-state index in [9.17, 15) is 10.1 Å². The zero-order chi connectivity index (χ0) is 18.8. The van der Waals surface area contributed by atoms with Crippen LogP contribution in [0.5, 0.6) is 0 Å². The third kappa shape index (κ3) is 3.29. The molecule has 0 aliphatic carbocycles. The fourth-order valence-corrected chi connectivity index (χ4v) is 4.47. The number of hydrogen-bond donors (Lipinski definition) is 0. The van der Waals surface area contributed by atoms with Crippen LogP contribution in [0.2, 0.25) is 0 Å². The van der Waals surface area contributed by atoms with Crippen LogP contribution in [-0.4, -0.2) is 12.5 Å². The second-order valence-electron chi connectivity index (χ2n) is 6.16. The number of benzene rings is 2. The number of hydrogen-bond acceptors (Lipinski definition) is 5. The van der Waals surface area contributed by atoms with Gasteiger partial charge in [0, 0.05) is 28.5 Å². The summed E-state index contributed by atoms with van der Waals surface area (Å²) < 4.78 is 2.23. The molecule has 3 aromatic rings. The van der Waals surface area contributed by atoms with E-state index >= 15 is 0 Å². The topological polar surface area (TPSA) is 56.5 Å². The average molecular weight is 378 g/mol. The van der Waals surface area contributed by atoms with Crippen LogP contribution in [0, 0.1) is 0 Å². The number of aromatic nitrogens is 1. The molecule has 1 aliphatic heterocycles. The van der Waals surface area contributed by atoms with Crippen molar-refractivity contribution in [3.63, 3.8) is 0 Å². The van der Waals surface area contributed by atoms with Gasteiger partial charge in [-0.2, -0.15) is 4.57 Å². The van der Waals surface area contributed by atoms with Crippen molar-refractivity contribution in [2.45, 2.75) is 18.4 Å². The lowest BCUT2D eigenvalue weighted by Gasteiger charge is -2.20. The lowest BCUT2D eigenvalue weighted by Crippen LogP contribution is -2.37. The highest BCUT2D eigenvalue weighted by Gasteiger charge is 2.28. The molecule has 136 valence electrons. The van der Waals surface area contributed by atoms with Gasteiger partial charge in [0.05, 0.1) is 10.7 Å². The van der Waals surface area contributed by atoms with E-state index in [0.717, 1.165) is 33.4 Å². The van der Waals surface area contributed by atoms with Gasteiger partial charge in [-0.15, -0.1) is 0 Å². The summed E-state index contributed by atoms with van der Waals surface area (Å²) >= 11 is 1.58. The molecule has 4 rings (SSSR count). The standard InChI is InChI=1S/C21H18N2O3S/c1-2-22-16(12-11-15-7-3-4-8-17(15)22)13-20-23(14-21(24)26-25)18-9-5-6-10-19(18)27-20/h3-13H,2,14H2,1H3. The zero-order valence-corrected chi connectivity index (χ0v) is 15.6. The molecular weight excluding hydrogens is 360 g/mol. The summed E-state index contributed by atoms with van der Waals surface area (Å²) in [4.78, 5) is 18.2. The Kier molecular flexibility index (Phi) is 4.83. The molecule has 0 atom stereocenters. The molecule has 6 heteroatoms. The van der Waals surface area contributed by atoms with Crippen LogP contribution in [0.1, 0.15) is 12.6 Å². The summed E-state index contributed by atoms with van der Waals surface area (Å²) in [6, 6.07) is 20.2. The lowest BCUT2D eigenvalue weighted by atomic mass is 10.2. The minimum absolute atomic E-state index is 0.112. The van der Waals surface area contributed by atoms with Crippen LogP contribution in [-0.2, 0) is 16.2 Å². The minimum atomic E-state index is -0.805. The zero-order valence-electron chi connectivity index (χ0n) is 14.8. The number of carbonyl (C=O) groups excluding carboxylic acids is 1. The predicted octanol–water partition coefficient (Wildman–Crippen LogP) is 2.88. The minimum Gasteiger partial charge on any atom is -0.662 e. The van der Waals surface area contributed by atoms with Gasteiger partial charge in [0.1, 0.15) is 13.1 Å². The molecule has 0 saturated carbocycles. The average Bonchev–Trinajstić information content (AvgIpc) is 3.04. The number of fused-ring (bicyclic) bond motifs is 2. The Hall–Kier alpha value is -2.83. The molecule has 1 aliphatic rings. The summed E-state index contributed by atoms with van der Waals surface area (Å²) in [7, 11) is 0. The molecule has 0 saturated heterocycles. The molecule has 27 heavy (non-hydrogen) atoms. The first-order chi connectivity index (χ1) is 13.2. The maximum atomic E-state index is 11.7. The number of rotatable bonds is 4. The molecular formula is C21H18N2O3S. The SMILES string of the molecule is CC[n+]1c(C=C2Sc3ccccc3N2CC(=O)O[O-])ccc2ccccc21. The second-order valence-corrected chi connectivity index (χ2v) is 7.22. The number of anilines is 1. The van der Waals surface area contributed by atoms with Crippen LogP contribution in [0.4, 0.5) is 5.69 Å². The number of pyridine rings is 1. The molecule has 2 aromatic carbocycles. The highest BCUT2D eigenvalue weighted by molar-refractivity contribution is 8.03. The van der Waals surface area contributed by atoms with Gasteiger partial charge in [-0.1, -0.05) is 36.0 Å². The number of aryl methyl sites for hydroxylation is 1. The summed E-state index contributed by atoms with van der Waals surface area (Å²) in [6.45, 7) is 2.82. The van der Waals surface area contributed by atoms with Crippen molar-refractivity contribution in [1.82, 2.24) is 0 Å². The Morgan fingerprint density at radius 2 is 1.93 bits per heavy atom. The molecule has 0 N–H and O–H groups in total. The summed E-state index contributed by atoms with van der Waals surface area (Å²) in [6.07, 6.45) is 2.05. The quantitative estimate of drug-likeness (QED) is 0.397. The smallest absolute Gasteiger partial charge is 0.320 e. The highest BCUT2D eigenvalue weighted by atomic mass is 32.2. The lowest BCUT2D eigenvalue weighted by molar-refractivity contribution is -0.669. The molecule has 0 spiro atoms. The number of para-hydroxylation sites is 2. The Morgan fingerprint density at radius 1 is 1.15 bits per heavy atom. The first kappa shape index (κ1) is 17.6. The van der Waals surface area contributed by atoms with Gasteiger partial charge in [0.2, 0.25) is 11.2 Å². The molecule has 5 nitrogen and oxygen atoms in total. The van der Waals surface area contributed by atoms with Gasteiger partial charge >= 0.3 is 5.97 Å². The molecule has 0 fully saturated rings. The van der Waals surface area contributed by atoms with E-state index in [-0.39, 0.29) is 6.54 Å². The van der Waals surface area contributed by atoms with Crippen molar-refractivity contribution in [2.24, 2.45) is 0 Å². The van der Waals surface area contributed by atoms with Gasteiger partial charge in [-0.3, -0.25) is 4.79 Å². The Morgan fingerprint density at radius 3 is 2.74 bits per heavy atom. The fourth-order valence-electron chi connectivity index (χ4n) is 3.36. The second kappa shape index (κ2) is 7.42. The van der Waals surface area contributed by atoms with Gasteiger partial charge in [0.25, 0.3) is 0 Å². The molecule has 2 heterocycles. The van der Waals surface area contributed by atoms with Crippen LogP contribution < -0.4 is 14.7 Å². The Bertz CT molecular complexity index is 1050. The number of nitrogens with zero attached hydrogens (tertiary/aromatic N) is 2. The Labute approximate surface area is 161 Å². The molecule has 0 bridgehead atoms. The molecule has 0 amide bonds. The molecule has 1 aromatic heterocycles. The molecule has 0 radical (unpaired) electrons. The summed E-state index contributed by atoms with van der Waals surface area (Å²) in [5.74, 6) is -0.805. The third-order valence-electron chi connectivity index (χ3n) is 4.58. The first-order valence-electron chi connectivity index (χ1n) is 8.71. The summed E-state index contributed by atoms with van der Waals surface area (Å²) in [5.41, 5.74) is 3.09. The van der Waals surface area contributed by atoms with Crippen molar-refractivity contribution in [3.05, 3.63) is 71.4 Å². The van der Waals surface area contributed by atoms with Crippen molar-refractivity contribution in [1.29, 1.82) is 0 Å². The van der Waals surface area contributed by atoms with Crippen molar-refractivity contribution in [2.75, 3.05) is 11.4 Å². The van der Waals surface area contributed by atoms with Crippen molar-refractivity contribution < 1.29 is 19.5 Å². The van der Waals surface area contributed by atoms with Gasteiger partial charge in [0.15, 0.2) is 0 Å². The van der Waals surface area contributed by atoms with E-state index < -0.39 is 5.97 Å². The summed E-state index contributed by atoms with van der Waals surface area (Å²) in [5, 5.41) is 12.6. The maximum Gasteiger partial charge on any atom is 0.320 e. The van der Waals surface area contributed by atoms with E-state index in [1.807, 2.05) is 41.3 Å². The third-order valence-corrected chi connectivity index (χ3v) is 5.69. The van der Waals surface area contributed by atoms with E-state index in [1.54, 1.807) is 11.8 Å². The van der Waals surface area contributed by atoms with E-state index in [4.69, 9.17) is 0 Å². The van der Waals surface area contributed by atoms with Crippen LogP contribution >= 0.6 is 11.8 Å². The predicted molar refractivity (Wildman–Crippen MR) is 104 cm³/mol. The maximum absolute atomic E-state index is 11.7. The van der Waals surface area contributed by atoms with Gasteiger partial charge in [-0.05, 0) is 31.2 Å². The monoisotopic (exact) mass is 378 g/mol. The fraction of sp³-hybridized carbons (Fsp3) is 0.143. The first-order valence-corrected chi connectivity index (χ1v) is 9.53. The van der Waals surface area contributed by atoms with E-state index in [0.29, 0.717) is 0 Å². The highest BCUT2D eigenvalue weighted by Crippen LogP contribution is 2.46. The van der Waals surface area contributed by atoms with Crippen LogP contribution in [0.3, 0.4) is 0 Å². The van der Waals surface area contributed by atoms with E-state index in [2.05, 4.69) is 46.7 Å². The number of carbonyl (C=O) groups is 1. The van der Waals surface area contributed by atoms with Gasteiger partial charge < -0.3 is 15.0 Å². The largest absolute Gasteiger partial charge is 0.662 e. The van der Waals surface area contributed by atoms with Gasteiger partial charge in [-0.25, -0.2) is 0 Å². The van der Waals surface area contributed by atoms with E-state index in [1.165, 1.54) is 5.39 Å². The number of thioether (sulfide) groups is 1. The van der Waals surface area contributed by atoms with Crippen molar-refractivity contribution >= 4 is 40.4 Å². The van der Waals surface area contributed by atoms with Crippen molar-refractivity contribution in [3.8, 4) is 0 Å². The molecule has 0 unspecified atom stereocenters. The van der Waals surface area contributed by atoms with Crippen LogP contribution in [0.15, 0.2) is 70.6 Å².